The van der Waals surface area contributed by atoms with Crippen LogP contribution in [0.2, 0.25) is 0 Å². The van der Waals surface area contributed by atoms with E-state index in [9.17, 15) is 0 Å². The van der Waals surface area contributed by atoms with E-state index in [-0.39, 0.29) is 0 Å². The molecule has 1 aromatic heterocycles. The first-order chi connectivity index (χ1) is 7.84. The zero-order chi connectivity index (χ0) is 11.2. The quantitative estimate of drug-likeness (QED) is 0.678. The first kappa shape index (κ1) is 10.5. The van der Waals surface area contributed by atoms with E-state index < -0.39 is 0 Å². The van der Waals surface area contributed by atoms with Gasteiger partial charge >= 0.3 is 0 Å². The van der Waals surface area contributed by atoms with E-state index in [4.69, 9.17) is 12.2 Å². The summed E-state index contributed by atoms with van der Waals surface area (Å²) in [6, 6.07) is 9.96. The summed E-state index contributed by atoms with van der Waals surface area (Å²) in [4.78, 5) is 0. The molecule has 1 aromatic carbocycles. The van der Waals surface area contributed by atoms with Gasteiger partial charge in [-0.05, 0) is 23.0 Å². The predicted molar refractivity (Wildman–Crippen MR) is 63.7 cm³/mol. The highest BCUT2D eigenvalue weighted by Gasteiger charge is 2.00. The number of benzene rings is 1. The number of nitrogens with zero attached hydrogens (tertiary/aromatic N) is 3. The third kappa shape index (κ3) is 2.99. The lowest BCUT2D eigenvalue weighted by Gasteiger charge is -2.07. The molecule has 2 aromatic rings. The average molecular weight is 234 g/mol. The van der Waals surface area contributed by atoms with Crippen LogP contribution in [-0.2, 0) is 6.54 Å². The Balaban J connectivity index is 1.80. The topological polar surface area (TPSA) is 78.5 Å². The van der Waals surface area contributed by atoms with Crippen molar-refractivity contribution in [2.75, 3.05) is 5.32 Å². The van der Waals surface area contributed by atoms with Gasteiger partial charge in [-0.1, -0.05) is 35.4 Å². The van der Waals surface area contributed by atoms with Crippen LogP contribution in [0.25, 0.3) is 0 Å². The molecule has 0 spiro atoms. The lowest BCUT2D eigenvalue weighted by Crippen LogP contribution is -2.28. The summed E-state index contributed by atoms with van der Waals surface area (Å²) < 4.78 is 0. The largest absolute Gasteiger partial charge is 0.358 e. The molecule has 16 heavy (non-hydrogen) atoms. The van der Waals surface area contributed by atoms with Crippen molar-refractivity contribution in [3.05, 3.63) is 35.9 Å². The van der Waals surface area contributed by atoms with E-state index in [1.54, 1.807) is 0 Å². The Morgan fingerprint density at radius 1 is 1.31 bits per heavy atom. The van der Waals surface area contributed by atoms with E-state index in [0.717, 1.165) is 5.56 Å². The lowest BCUT2D eigenvalue weighted by molar-refractivity contribution is 0.881. The van der Waals surface area contributed by atoms with Gasteiger partial charge in [-0.15, -0.1) is 5.10 Å². The molecule has 0 saturated carbocycles. The number of hydrogen-bond acceptors (Lipinski definition) is 4. The molecule has 6 nitrogen and oxygen atoms in total. The van der Waals surface area contributed by atoms with Gasteiger partial charge in [0.05, 0.1) is 0 Å². The van der Waals surface area contributed by atoms with Crippen LogP contribution in [0.4, 0.5) is 5.95 Å². The molecular weight excluding hydrogens is 224 g/mol. The fraction of sp³-hybridized carbons (Fsp3) is 0.111. The van der Waals surface area contributed by atoms with Gasteiger partial charge < -0.3 is 5.32 Å². The molecule has 0 unspecified atom stereocenters. The molecule has 0 aliphatic heterocycles. The van der Waals surface area contributed by atoms with Crippen LogP contribution >= 0.6 is 12.2 Å². The van der Waals surface area contributed by atoms with Crippen molar-refractivity contribution >= 4 is 23.3 Å². The minimum absolute atomic E-state index is 0.352. The van der Waals surface area contributed by atoms with Gasteiger partial charge in [0.1, 0.15) is 0 Å². The standard InChI is InChI=1S/C9H10N6S/c16-9(11-8-12-14-15-13-8)10-6-7-4-2-1-3-5-7/h1-5H,6H2,(H3,10,11,12,13,14,15,16). The maximum absolute atomic E-state index is 5.06. The summed E-state index contributed by atoms with van der Waals surface area (Å²) >= 11 is 5.06. The Labute approximate surface area is 97.5 Å². The van der Waals surface area contributed by atoms with Crippen LogP contribution in [-0.4, -0.2) is 25.7 Å². The van der Waals surface area contributed by atoms with E-state index in [1.165, 1.54) is 0 Å². The van der Waals surface area contributed by atoms with E-state index in [0.29, 0.717) is 17.6 Å². The number of hydrogen-bond donors (Lipinski definition) is 3. The minimum Gasteiger partial charge on any atom is -0.358 e. The molecule has 0 aliphatic rings. The number of aromatic amines is 1. The molecule has 82 valence electrons. The molecule has 0 atom stereocenters. The summed E-state index contributed by atoms with van der Waals surface area (Å²) in [6.07, 6.45) is 0. The molecule has 0 aliphatic carbocycles. The third-order valence-corrected chi connectivity index (χ3v) is 2.11. The zero-order valence-corrected chi connectivity index (χ0v) is 9.16. The molecule has 0 bridgehead atoms. The zero-order valence-electron chi connectivity index (χ0n) is 8.34. The fourth-order valence-corrected chi connectivity index (χ4v) is 1.30. The van der Waals surface area contributed by atoms with Crippen molar-refractivity contribution < 1.29 is 0 Å². The van der Waals surface area contributed by atoms with Gasteiger partial charge in [-0.3, -0.25) is 5.32 Å². The highest BCUT2D eigenvalue weighted by molar-refractivity contribution is 7.80. The van der Waals surface area contributed by atoms with Gasteiger partial charge in [-0.25, -0.2) is 0 Å². The SMILES string of the molecule is S=C(NCc1ccccc1)Nc1nn[nH]n1. The number of anilines is 1. The van der Waals surface area contributed by atoms with Gasteiger partial charge in [0.25, 0.3) is 5.95 Å². The number of tetrazole rings is 1. The monoisotopic (exact) mass is 234 g/mol. The molecule has 3 N–H and O–H groups in total. The first-order valence-electron chi connectivity index (χ1n) is 4.67. The second-order valence-corrected chi connectivity index (χ2v) is 3.44. The predicted octanol–water partition coefficient (Wildman–Crippen LogP) is 0.686. The minimum atomic E-state index is 0.352. The summed E-state index contributed by atoms with van der Waals surface area (Å²) in [5, 5.41) is 19.5. The summed E-state index contributed by atoms with van der Waals surface area (Å²) in [7, 11) is 0. The second-order valence-electron chi connectivity index (χ2n) is 3.03. The number of H-pyrrole nitrogens is 1. The highest BCUT2D eigenvalue weighted by atomic mass is 32.1. The first-order valence-corrected chi connectivity index (χ1v) is 5.07. The number of thiocarbonyl (C=S) groups is 1. The van der Waals surface area contributed by atoms with E-state index in [2.05, 4.69) is 31.3 Å². The lowest BCUT2D eigenvalue weighted by atomic mass is 10.2. The maximum atomic E-state index is 5.06. The Hall–Kier alpha value is -2.02. The summed E-state index contributed by atoms with van der Waals surface area (Å²) in [6.45, 7) is 0.657. The normalized spacial score (nSPS) is 9.75. The third-order valence-electron chi connectivity index (χ3n) is 1.87. The van der Waals surface area contributed by atoms with Crippen LogP contribution in [0.1, 0.15) is 5.56 Å². The maximum Gasteiger partial charge on any atom is 0.269 e. The van der Waals surface area contributed by atoms with Crippen LogP contribution < -0.4 is 10.6 Å². The highest BCUT2D eigenvalue weighted by Crippen LogP contribution is 1.97. The van der Waals surface area contributed by atoms with Crippen molar-refractivity contribution in [3.8, 4) is 0 Å². The number of aromatic nitrogens is 4. The molecule has 0 fully saturated rings. The van der Waals surface area contributed by atoms with Crippen LogP contribution in [0.3, 0.4) is 0 Å². The molecular formula is C9H10N6S. The summed E-state index contributed by atoms with van der Waals surface area (Å²) in [5.41, 5.74) is 1.15. The van der Waals surface area contributed by atoms with Gasteiger partial charge in [0.2, 0.25) is 0 Å². The van der Waals surface area contributed by atoms with E-state index >= 15 is 0 Å². The van der Waals surface area contributed by atoms with E-state index in [1.807, 2.05) is 30.3 Å². The van der Waals surface area contributed by atoms with Crippen molar-refractivity contribution in [2.24, 2.45) is 0 Å². The Morgan fingerprint density at radius 2 is 2.12 bits per heavy atom. The molecule has 0 amide bonds. The van der Waals surface area contributed by atoms with Gasteiger partial charge in [-0.2, -0.15) is 5.21 Å². The van der Waals surface area contributed by atoms with Crippen molar-refractivity contribution in [3.63, 3.8) is 0 Å². The smallest absolute Gasteiger partial charge is 0.269 e. The Morgan fingerprint density at radius 3 is 2.81 bits per heavy atom. The number of rotatable bonds is 3. The van der Waals surface area contributed by atoms with Crippen LogP contribution in [0, 0.1) is 0 Å². The molecule has 7 heteroatoms. The second kappa shape index (κ2) is 5.17. The molecule has 0 saturated heterocycles. The summed E-state index contributed by atoms with van der Waals surface area (Å²) in [5.74, 6) is 0.352. The molecule has 2 rings (SSSR count). The van der Waals surface area contributed by atoms with Crippen molar-refractivity contribution in [2.45, 2.75) is 6.54 Å². The van der Waals surface area contributed by atoms with Crippen LogP contribution in [0.5, 0.6) is 0 Å². The molecule has 1 heterocycles. The number of nitrogens with one attached hydrogen (secondary N) is 3. The van der Waals surface area contributed by atoms with Gasteiger partial charge in [0, 0.05) is 6.54 Å². The van der Waals surface area contributed by atoms with Gasteiger partial charge in [0.15, 0.2) is 5.11 Å². The van der Waals surface area contributed by atoms with Crippen molar-refractivity contribution in [1.29, 1.82) is 0 Å². The van der Waals surface area contributed by atoms with Crippen molar-refractivity contribution in [1.82, 2.24) is 25.9 Å². The Kier molecular flexibility index (Phi) is 3.39. The average Bonchev–Trinajstić information content (AvgIpc) is 2.81. The molecule has 0 radical (unpaired) electrons. The Bertz CT molecular complexity index is 440. The fourth-order valence-electron chi connectivity index (χ4n) is 1.14. The van der Waals surface area contributed by atoms with Crippen LogP contribution in [0.15, 0.2) is 30.3 Å².